The van der Waals surface area contributed by atoms with Crippen LogP contribution in [0.2, 0.25) is 0 Å². The maximum atomic E-state index is 12.2. The molecule has 0 spiro atoms. The molecule has 6 heteroatoms. The molecule has 0 saturated heterocycles. The lowest BCUT2D eigenvalue weighted by atomic mass is 10.0. The van der Waals surface area contributed by atoms with Crippen molar-refractivity contribution >= 4 is 28.5 Å². The summed E-state index contributed by atoms with van der Waals surface area (Å²) >= 11 is 5.77. The second-order valence-electron chi connectivity index (χ2n) is 6.87. The fraction of sp³-hybridized carbons (Fsp3) is 0.238. The van der Waals surface area contributed by atoms with Gasteiger partial charge < -0.3 is 14.3 Å². The third-order valence-electron chi connectivity index (χ3n) is 4.14. The first kappa shape index (κ1) is 19.0. The molecule has 0 radical (unpaired) electrons. The molecule has 27 heavy (non-hydrogen) atoms. The summed E-state index contributed by atoms with van der Waals surface area (Å²) in [6.07, 6.45) is 0.182. The molecule has 0 unspecified atom stereocenters. The van der Waals surface area contributed by atoms with Crippen LogP contribution < -0.4 is 5.63 Å². The van der Waals surface area contributed by atoms with Crippen molar-refractivity contribution in [3.63, 3.8) is 0 Å². The van der Waals surface area contributed by atoms with E-state index in [9.17, 15) is 14.7 Å². The van der Waals surface area contributed by atoms with Gasteiger partial charge in [-0.25, -0.2) is 9.59 Å². The second kappa shape index (κ2) is 7.45. The van der Waals surface area contributed by atoms with Crippen LogP contribution in [0.3, 0.4) is 0 Å². The lowest BCUT2D eigenvalue weighted by Gasteiger charge is -2.22. The van der Waals surface area contributed by atoms with Gasteiger partial charge in [0.2, 0.25) is 0 Å². The van der Waals surface area contributed by atoms with Gasteiger partial charge in [-0.05, 0) is 43.7 Å². The van der Waals surface area contributed by atoms with E-state index in [0.29, 0.717) is 16.5 Å². The number of benzene rings is 2. The van der Waals surface area contributed by atoms with E-state index in [2.05, 4.69) is 0 Å². The van der Waals surface area contributed by atoms with Crippen molar-refractivity contribution in [3.8, 4) is 5.75 Å². The van der Waals surface area contributed by atoms with Crippen molar-refractivity contribution in [1.82, 2.24) is 0 Å². The Labute approximate surface area is 161 Å². The lowest BCUT2D eigenvalue weighted by molar-refractivity contribution is 0.00827. The summed E-state index contributed by atoms with van der Waals surface area (Å²) in [6, 6.07) is 13.4. The van der Waals surface area contributed by atoms with Gasteiger partial charge in [0, 0.05) is 6.42 Å². The molecule has 1 aromatic heterocycles. The van der Waals surface area contributed by atoms with Crippen LogP contribution in [-0.4, -0.2) is 22.6 Å². The van der Waals surface area contributed by atoms with E-state index >= 15 is 0 Å². The monoisotopic (exact) mass is 386 g/mol. The second-order valence-corrected chi connectivity index (χ2v) is 7.14. The van der Waals surface area contributed by atoms with Gasteiger partial charge in [0.05, 0.1) is 22.4 Å². The molecule has 1 heterocycles. The van der Waals surface area contributed by atoms with Crippen molar-refractivity contribution in [1.29, 1.82) is 0 Å². The minimum Gasteiger partial charge on any atom is -0.507 e. The quantitative estimate of drug-likeness (QED) is 0.402. The SMILES string of the molecule is CC(C)(CCl)OC(=O)c1ccc(Cc2c(O)c3ccccc3oc2=O)cc1. The van der Waals surface area contributed by atoms with Gasteiger partial charge in [-0.1, -0.05) is 24.3 Å². The number of rotatable bonds is 5. The molecule has 0 saturated carbocycles. The molecule has 0 atom stereocenters. The standard InChI is InChI=1S/C21H19ClO5/c1-21(2,12-22)27-19(24)14-9-7-13(8-10-14)11-16-18(23)15-5-3-4-6-17(15)26-20(16)25/h3-10,23H,11-12H2,1-2H3. The number of fused-ring (bicyclic) bond motifs is 1. The van der Waals surface area contributed by atoms with Gasteiger partial charge in [0.25, 0.3) is 0 Å². The number of ether oxygens (including phenoxy) is 1. The topological polar surface area (TPSA) is 76.7 Å². The highest BCUT2D eigenvalue weighted by Gasteiger charge is 2.22. The van der Waals surface area contributed by atoms with Gasteiger partial charge in [-0.3, -0.25) is 0 Å². The largest absolute Gasteiger partial charge is 0.507 e. The molecule has 140 valence electrons. The maximum Gasteiger partial charge on any atom is 0.343 e. The predicted molar refractivity (Wildman–Crippen MR) is 104 cm³/mol. The number of alkyl halides is 1. The molecule has 0 amide bonds. The smallest absolute Gasteiger partial charge is 0.343 e. The molecular formula is C21H19ClO5. The van der Waals surface area contributed by atoms with Crippen molar-refractivity contribution in [3.05, 3.63) is 75.6 Å². The molecule has 0 aliphatic heterocycles. The minimum absolute atomic E-state index is 0.0887. The van der Waals surface area contributed by atoms with E-state index in [4.69, 9.17) is 20.8 Å². The van der Waals surface area contributed by atoms with Crippen molar-refractivity contribution in [2.45, 2.75) is 25.9 Å². The Balaban J connectivity index is 1.84. The first-order valence-corrected chi connectivity index (χ1v) is 8.96. The number of hydrogen-bond donors (Lipinski definition) is 1. The summed E-state index contributed by atoms with van der Waals surface area (Å²) in [6.45, 7) is 3.46. The van der Waals surface area contributed by atoms with Crippen molar-refractivity contribution < 1.29 is 19.1 Å². The highest BCUT2D eigenvalue weighted by atomic mass is 35.5. The number of carbonyl (C=O) groups excluding carboxylic acids is 1. The highest BCUT2D eigenvalue weighted by molar-refractivity contribution is 6.18. The van der Waals surface area contributed by atoms with Crippen LogP contribution in [0.25, 0.3) is 11.0 Å². The predicted octanol–water partition coefficient (Wildman–Crippen LogP) is 4.26. The van der Waals surface area contributed by atoms with E-state index in [0.717, 1.165) is 5.56 Å². The van der Waals surface area contributed by atoms with E-state index < -0.39 is 17.2 Å². The van der Waals surface area contributed by atoms with Crippen molar-refractivity contribution in [2.24, 2.45) is 0 Å². The normalized spacial score (nSPS) is 11.5. The average Bonchev–Trinajstić information content (AvgIpc) is 2.65. The molecule has 0 aliphatic carbocycles. The summed E-state index contributed by atoms with van der Waals surface area (Å²) in [5.74, 6) is -0.372. The number of esters is 1. The molecule has 3 aromatic rings. The van der Waals surface area contributed by atoms with Crippen LogP contribution in [0, 0.1) is 0 Å². The Kier molecular flexibility index (Phi) is 5.24. The fourth-order valence-corrected chi connectivity index (χ4v) is 2.68. The van der Waals surface area contributed by atoms with E-state index in [1.165, 1.54) is 0 Å². The van der Waals surface area contributed by atoms with Gasteiger partial charge >= 0.3 is 11.6 Å². The number of aromatic hydroxyl groups is 1. The number of hydrogen-bond acceptors (Lipinski definition) is 5. The first-order valence-electron chi connectivity index (χ1n) is 8.42. The first-order chi connectivity index (χ1) is 12.8. The van der Waals surface area contributed by atoms with Gasteiger partial charge in [0.15, 0.2) is 0 Å². The zero-order valence-electron chi connectivity index (χ0n) is 15.0. The van der Waals surface area contributed by atoms with Crippen LogP contribution in [0.5, 0.6) is 5.75 Å². The van der Waals surface area contributed by atoms with Gasteiger partial charge in [0.1, 0.15) is 16.9 Å². The van der Waals surface area contributed by atoms with Gasteiger partial charge in [-0.2, -0.15) is 0 Å². The molecule has 0 fully saturated rings. The van der Waals surface area contributed by atoms with E-state index in [-0.39, 0.29) is 23.6 Å². The summed E-state index contributed by atoms with van der Waals surface area (Å²) in [5.41, 5.74) is 0.301. The molecule has 0 bridgehead atoms. The van der Waals surface area contributed by atoms with Crippen molar-refractivity contribution in [2.75, 3.05) is 5.88 Å². The Bertz CT molecular complexity index is 1030. The Hall–Kier alpha value is -2.79. The summed E-state index contributed by atoms with van der Waals surface area (Å²) in [5, 5.41) is 10.9. The number of para-hydroxylation sites is 1. The van der Waals surface area contributed by atoms with Crippen LogP contribution >= 0.6 is 11.6 Å². The summed E-state index contributed by atoms with van der Waals surface area (Å²) < 4.78 is 10.6. The third kappa shape index (κ3) is 4.14. The molecule has 3 rings (SSSR count). The highest BCUT2D eigenvalue weighted by Crippen LogP contribution is 2.27. The Morgan fingerprint density at radius 1 is 1.15 bits per heavy atom. The number of halogens is 1. The summed E-state index contributed by atoms with van der Waals surface area (Å²) in [4.78, 5) is 24.4. The number of carbonyl (C=O) groups is 1. The Morgan fingerprint density at radius 2 is 1.81 bits per heavy atom. The zero-order chi connectivity index (χ0) is 19.6. The van der Waals surface area contributed by atoms with Crippen LogP contribution in [0.1, 0.15) is 35.3 Å². The van der Waals surface area contributed by atoms with Crippen LogP contribution in [0.15, 0.2) is 57.7 Å². The molecule has 0 aliphatic rings. The van der Waals surface area contributed by atoms with E-state index in [1.807, 2.05) is 0 Å². The van der Waals surface area contributed by atoms with Crippen LogP contribution in [-0.2, 0) is 11.2 Å². The molecule has 2 aromatic carbocycles. The Morgan fingerprint density at radius 3 is 2.48 bits per heavy atom. The molecular weight excluding hydrogens is 368 g/mol. The van der Waals surface area contributed by atoms with Crippen LogP contribution in [0.4, 0.5) is 0 Å². The molecule has 1 N–H and O–H groups in total. The van der Waals surface area contributed by atoms with Gasteiger partial charge in [-0.15, -0.1) is 11.6 Å². The lowest BCUT2D eigenvalue weighted by Crippen LogP contribution is -2.29. The minimum atomic E-state index is -0.757. The van der Waals surface area contributed by atoms with E-state index in [1.54, 1.807) is 62.4 Å². The maximum absolute atomic E-state index is 12.2. The summed E-state index contributed by atoms with van der Waals surface area (Å²) in [7, 11) is 0. The third-order valence-corrected chi connectivity index (χ3v) is 4.78. The molecule has 5 nitrogen and oxygen atoms in total. The fourth-order valence-electron chi connectivity index (χ4n) is 2.63. The average molecular weight is 387 g/mol. The zero-order valence-corrected chi connectivity index (χ0v) is 15.7.